The first-order valence-corrected chi connectivity index (χ1v) is 9.15. The number of carbonyl (C=O) groups excluding carboxylic acids is 4. The van der Waals surface area contributed by atoms with Crippen LogP contribution in [0.15, 0.2) is 24.3 Å². The van der Waals surface area contributed by atoms with Gasteiger partial charge < -0.3 is 9.64 Å². The molecule has 0 bridgehead atoms. The molecule has 146 valence electrons. The van der Waals surface area contributed by atoms with Crippen molar-refractivity contribution in [1.29, 1.82) is 0 Å². The zero-order chi connectivity index (χ0) is 20.0. The molecule has 0 fully saturated rings. The van der Waals surface area contributed by atoms with Gasteiger partial charge in [-0.15, -0.1) is 0 Å². The monoisotopic (exact) mass is 374 g/mol. The minimum absolute atomic E-state index is 0.0933. The lowest BCUT2D eigenvalue weighted by atomic mass is 10.1. The molecule has 1 aliphatic heterocycles. The Balaban J connectivity index is 1.89. The Morgan fingerprint density at radius 2 is 1.67 bits per heavy atom. The summed E-state index contributed by atoms with van der Waals surface area (Å²) in [5, 5.41) is 0. The van der Waals surface area contributed by atoms with E-state index in [1.54, 1.807) is 29.2 Å². The fourth-order valence-corrected chi connectivity index (χ4v) is 3.08. The molecule has 0 atom stereocenters. The van der Waals surface area contributed by atoms with Crippen molar-refractivity contribution in [2.75, 3.05) is 26.7 Å². The first-order chi connectivity index (χ1) is 12.8. The van der Waals surface area contributed by atoms with Gasteiger partial charge in [0.2, 0.25) is 5.91 Å². The van der Waals surface area contributed by atoms with Crippen molar-refractivity contribution in [2.45, 2.75) is 33.1 Å². The van der Waals surface area contributed by atoms with Gasteiger partial charge in [-0.3, -0.25) is 24.1 Å². The smallest absolute Gasteiger partial charge is 0.307 e. The molecule has 2 rings (SSSR count). The van der Waals surface area contributed by atoms with Gasteiger partial charge >= 0.3 is 5.97 Å². The van der Waals surface area contributed by atoms with E-state index in [-0.39, 0.29) is 49.0 Å². The highest BCUT2D eigenvalue weighted by Crippen LogP contribution is 2.22. The number of imide groups is 1. The van der Waals surface area contributed by atoms with E-state index in [2.05, 4.69) is 4.74 Å². The zero-order valence-electron chi connectivity index (χ0n) is 16.1. The summed E-state index contributed by atoms with van der Waals surface area (Å²) >= 11 is 0. The fourth-order valence-electron chi connectivity index (χ4n) is 3.08. The second kappa shape index (κ2) is 9.30. The number of esters is 1. The van der Waals surface area contributed by atoms with E-state index in [4.69, 9.17) is 0 Å². The average Bonchev–Trinajstić information content (AvgIpc) is 2.89. The van der Waals surface area contributed by atoms with Gasteiger partial charge in [0.25, 0.3) is 11.8 Å². The van der Waals surface area contributed by atoms with Crippen LogP contribution in [0.1, 0.15) is 53.8 Å². The van der Waals surface area contributed by atoms with E-state index in [0.717, 1.165) is 0 Å². The molecule has 1 aliphatic rings. The second-order valence-corrected chi connectivity index (χ2v) is 6.97. The molecule has 3 amide bonds. The van der Waals surface area contributed by atoms with E-state index in [0.29, 0.717) is 30.6 Å². The quantitative estimate of drug-likeness (QED) is 0.488. The number of rotatable bonds is 9. The highest BCUT2D eigenvalue weighted by molar-refractivity contribution is 6.21. The lowest BCUT2D eigenvalue weighted by Gasteiger charge is -2.24. The summed E-state index contributed by atoms with van der Waals surface area (Å²) < 4.78 is 4.63. The van der Waals surface area contributed by atoms with Crippen LogP contribution in [0.25, 0.3) is 0 Å². The summed E-state index contributed by atoms with van der Waals surface area (Å²) in [6.07, 6.45) is 0.742. The summed E-state index contributed by atoms with van der Waals surface area (Å²) in [5.74, 6) is -0.810. The number of benzene rings is 1. The van der Waals surface area contributed by atoms with Gasteiger partial charge in [0, 0.05) is 26.1 Å². The lowest BCUT2D eigenvalue weighted by molar-refractivity contribution is -0.142. The first kappa shape index (κ1) is 20.6. The summed E-state index contributed by atoms with van der Waals surface area (Å²) in [5.41, 5.74) is 0.821. The number of ether oxygens (including phenoxy) is 1. The zero-order valence-corrected chi connectivity index (χ0v) is 16.1. The van der Waals surface area contributed by atoms with E-state index in [1.807, 2.05) is 13.8 Å². The predicted molar refractivity (Wildman–Crippen MR) is 99.1 cm³/mol. The third-order valence-electron chi connectivity index (χ3n) is 4.40. The number of hydrogen-bond acceptors (Lipinski definition) is 5. The van der Waals surface area contributed by atoms with E-state index >= 15 is 0 Å². The highest BCUT2D eigenvalue weighted by Gasteiger charge is 2.34. The molecule has 7 heteroatoms. The lowest BCUT2D eigenvalue weighted by Crippen LogP contribution is -2.37. The van der Waals surface area contributed by atoms with E-state index in [1.165, 1.54) is 12.0 Å². The predicted octanol–water partition coefficient (Wildman–Crippen LogP) is 2.11. The molecule has 1 aromatic carbocycles. The normalized spacial score (nSPS) is 13.1. The number of nitrogens with zero attached hydrogens (tertiary/aromatic N) is 2. The molecule has 0 radical (unpaired) electrons. The minimum atomic E-state index is -0.359. The van der Waals surface area contributed by atoms with Gasteiger partial charge in [-0.1, -0.05) is 26.0 Å². The minimum Gasteiger partial charge on any atom is -0.469 e. The van der Waals surface area contributed by atoms with E-state index < -0.39 is 0 Å². The molecule has 1 heterocycles. The summed E-state index contributed by atoms with van der Waals surface area (Å²) in [6, 6.07) is 6.72. The Kier molecular flexibility index (Phi) is 7.10. The van der Waals surface area contributed by atoms with Crippen molar-refractivity contribution in [3.8, 4) is 0 Å². The van der Waals surface area contributed by atoms with Crippen molar-refractivity contribution in [2.24, 2.45) is 5.92 Å². The maximum atomic E-state index is 12.5. The number of methoxy groups -OCH3 is 1. The summed E-state index contributed by atoms with van der Waals surface area (Å²) in [6.45, 7) is 5.04. The largest absolute Gasteiger partial charge is 0.469 e. The number of hydrogen-bond donors (Lipinski definition) is 0. The van der Waals surface area contributed by atoms with Crippen LogP contribution in [0.5, 0.6) is 0 Å². The molecule has 0 aliphatic carbocycles. The number of fused-ring (bicyclic) bond motifs is 1. The van der Waals surface area contributed by atoms with Crippen LogP contribution in [0.4, 0.5) is 0 Å². The average molecular weight is 374 g/mol. The van der Waals surface area contributed by atoms with Crippen LogP contribution >= 0.6 is 0 Å². The molecule has 0 aromatic heterocycles. The van der Waals surface area contributed by atoms with Crippen molar-refractivity contribution >= 4 is 23.7 Å². The van der Waals surface area contributed by atoms with Gasteiger partial charge in [0.15, 0.2) is 0 Å². The number of carbonyl (C=O) groups is 4. The standard InChI is InChI=1S/C20H26N2O5/c1-14(2)13-21(12-10-18(24)27-3)17(23)9-6-11-22-19(25)15-7-4-5-8-16(15)20(22)26/h4-5,7-8,14H,6,9-13H2,1-3H3. The Bertz CT molecular complexity index is 694. The summed E-state index contributed by atoms with van der Waals surface area (Å²) in [4.78, 5) is 51.4. The first-order valence-electron chi connectivity index (χ1n) is 9.15. The number of amides is 3. The van der Waals surface area contributed by atoms with Crippen molar-refractivity contribution in [1.82, 2.24) is 9.80 Å². The van der Waals surface area contributed by atoms with E-state index in [9.17, 15) is 19.2 Å². The van der Waals surface area contributed by atoms with Crippen LogP contribution in [0, 0.1) is 5.92 Å². The third kappa shape index (κ3) is 5.15. The molecule has 7 nitrogen and oxygen atoms in total. The summed E-state index contributed by atoms with van der Waals surface area (Å²) in [7, 11) is 1.32. The maximum Gasteiger partial charge on any atom is 0.307 e. The van der Waals surface area contributed by atoms with Gasteiger partial charge in [-0.2, -0.15) is 0 Å². The van der Waals surface area contributed by atoms with Crippen LogP contribution in [0.2, 0.25) is 0 Å². The Hall–Kier alpha value is -2.70. The molecule has 0 saturated carbocycles. The van der Waals surface area contributed by atoms with Crippen LogP contribution in [-0.4, -0.2) is 60.2 Å². The molecule has 1 aromatic rings. The topological polar surface area (TPSA) is 84.0 Å². The molecule has 0 unspecified atom stereocenters. The van der Waals surface area contributed by atoms with Gasteiger partial charge in [-0.25, -0.2) is 0 Å². The molecular weight excluding hydrogens is 348 g/mol. The Morgan fingerprint density at radius 1 is 1.07 bits per heavy atom. The molecule has 27 heavy (non-hydrogen) atoms. The van der Waals surface area contributed by atoms with Crippen LogP contribution in [-0.2, 0) is 14.3 Å². The van der Waals surface area contributed by atoms with Crippen molar-refractivity contribution in [3.63, 3.8) is 0 Å². The molecular formula is C20H26N2O5. The third-order valence-corrected chi connectivity index (χ3v) is 4.40. The fraction of sp³-hybridized carbons (Fsp3) is 0.500. The molecule has 0 N–H and O–H groups in total. The highest BCUT2D eigenvalue weighted by atomic mass is 16.5. The van der Waals surface area contributed by atoms with Crippen LogP contribution < -0.4 is 0 Å². The van der Waals surface area contributed by atoms with Gasteiger partial charge in [0.1, 0.15) is 0 Å². The van der Waals surface area contributed by atoms with Gasteiger partial charge in [-0.05, 0) is 24.5 Å². The Morgan fingerprint density at radius 3 is 2.19 bits per heavy atom. The molecule has 0 saturated heterocycles. The van der Waals surface area contributed by atoms with Crippen LogP contribution in [0.3, 0.4) is 0 Å². The van der Waals surface area contributed by atoms with Crippen molar-refractivity contribution < 1.29 is 23.9 Å². The Labute approximate surface area is 159 Å². The second-order valence-electron chi connectivity index (χ2n) is 6.97. The molecule has 0 spiro atoms. The van der Waals surface area contributed by atoms with Crippen molar-refractivity contribution in [3.05, 3.63) is 35.4 Å². The SMILES string of the molecule is COC(=O)CCN(CC(C)C)C(=O)CCCN1C(=O)c2ccccc2C1=O. The maximum absolute atomic E-state index is 12.5. The van der Waals surface area contributed by atoms with Gasteiger partial charge in [0.05, 0.1) is 24.7 Å².